The zero-order chi connectivity index (χ0) is 15.6. The quantitative estimate of drug-likeness (QED) is 0.864. The Morgan fingerprint density at radius 3 is 2.81 bits per heavy atom. The monoisotopic (exact) mass is 372 g/mol. The maximum atomic E-state index is 13.3. The van der Waals surface area contributed by atoms with Crippen LogP contribution in [0.5, 0.6) is 0 Å². The molecule has 0 unspecified atom stereocenters. The summed E-state index contributed by atoms with van der Waals surface area (Å²) < 4.78 is 13.4. The molecule has 0 fully saturated rings. The maximum Gasteiger partial charge on any atom is 0.347 e. The average molecular weight is 373 g/mol. The number of rotatable bonds is 4. The number of halogens is 2. The van der Waals surface area contributed by atoms with Crippen LogP contribution in [0.15, 0.2) is 22.7 Å². The molecule has 21 heavy (non-hydrogen) atoms. The highest BCUT2D eigenvalue weighted by atomic mass is 79.9. The minimum absolute atomic E-state index is 0.0839. The van der Waals surface area contributed by atoms with Crippen molar-refractivity contribution in [1.82, 2.24) is 10.3 Å². The molecule has 110 valence electrons. The first-order valence-electron chi connectivity index (χ1n) is 5.82. The van der Waals surface area contributed by atoms with Gasteiger partial charge in [0.2, 0.25) is 0 Å². The van der Waals surface area contributed by atoms with Gasteiger partial charge in [0.05, 0.1) is 22.3 Å². The van der Waals surface area contributed by atoms with Gasteiger partial charge in [0.25, 0.3) is 5.91 Å². The number of carbonyl (C=O) groups excluding carboxylic acids is 1. The van der Waals surface area contributed by atoms with Crippen LogP contribution in [0.1, 0.15) is 30.7 Å². The SMILES string of the molecule is Cc1nc(CNC(=O)c2cccc(F)c2Br)sc1C(=O)O. The fourth-order valence-corrected chi connectivity index (χ4v) is 2.94. The number of nitrogens with one attached hydrogen (secondary N) is 1. The summed E-state index contributed by atoms with van der Waals surface area (Å²) in [5.41, 5.74) is 0.574. The van der Waals surface area contributed by atoms with Crippen LogP contribution in [0.4, 0.5) is 4.39 Å². The number of hydrogen-bond donors (Lipinski definition) is 2. The number of aryl methyl sites for hydroxylation is 1. The second-order valence-electron chi connectivity index (χ2n) is 4.11. The first kappa shape index (κ1) is 15.6. The molecule has 0 aliphatic heterocycles. The molecule has 5 nitrogen and oxygen atoms in total. The van der Waals surface area contributed by atoms with Crippen molar-refractivity contribution in [3.8, 4) is 0 Å². The number of carboxylic acid groups (broad SMARTS) is 1. The summed E-state index contributed by atoms with van der Waals surface area (Å²) in [7, 11) is 0. The molecule has 0 saturated heterocycles. The molecule has 2 N–H and O–H groups in total. The lowest BCUT2D eigenvalue weighted by atomic mass is 10.2. The van der Waals surface area contributed by atoms with Crippen molar-refractivity contribution >= 4 is 39.1 Å². The molecule has 8 heteroatoms. The van der Waals surface area contributed by atoms with E-state index in [4.69, 9.17) is 5.11 Å². The van der Waals surface area contributed by atoms with Gasteiger partial charge in [0, 0.05) is 0 Å². The summed E-state index contributed by atoms with van der Waals surface area (Å²) in [6.45, 7) is 1.68. The van der Waals surface area contributed by atoms with Crippen molar-refractivity contribution in [2.24, 2.45) is 0 Å². The lowest BCUT2D eigenvalue weighted by Gasteiger charge is -2.05. The fourth-order valence-electron chi connectivity index (χ4n) is 1.66. The zero-order valence-corrected chi connectivity index (χ0v) is 13.2. The van der Waals surface area contributed by atoms with Crippen LogP contribution in [0.2, 0.25) is 0 Å². The molecular weight excluding hydrogens is 363 g/mol. The van der Waals surface area contributed by atoms with E-state index in [1.54, 1.807) is 6.92 Å². The van der Waals surface area contributed by atoms with Crippen molar-refractivity contribution in [2.45, 2.75) is 13.5 Å². The molecule has 1 amide bonds. The standard InChI is InChI=1S/C13H10BrFN2O3S/c1-6-11(13(19)20)21-9(17-6)5-16-12(18)7-3-2-4-8(15)10(7)14/h2-4H,5H2,1H3,(H,16,18)(H,19,20). The highest BCUT2D eigenvalue weighted by molar-refractivity contribution is 9.10. The summed E-state index contributed by atoms with van der Waals surface area (Å²) in [6.07, 6.45) is 0. The van der Waals surface area contributed by atoms with Crippen molar-refractivity contribution < 1.29 is 19.1 Å². The van der Waals surface area contributed by atoms with Crippen LogP contribution < -0.4 is 5.32 Å². The van der Waals surface area contributed by atoms with E-state index in [0.717, 1.165) is 11.3 Å². The molecule has 1 aromatic carbocycles. The minimum Gasteiger partial charge on any atom is -0.477 e. The Morgan fingerprint density at radius 1 is 1.48 bits per heavy atom. The Morgan fingerprint density at radius 2 is 2.19 bits per heavy atom. The summed E-state index contributed by atoms with van der Waals surface area (Å²) in [5, 5.41) is 12.0. The molecule has 2 rings (SSSR count). The van der Waals surface area contributed by atoms with E-state index >= 15 is 0 Å². The molecule has 0 spiro atoms. The van der Waals surface area contributed by atoms with Gasteiger partial charge < -0.3 is 10.4 Å². The van der Waals surface area contributed by atoms with E-state index < -0.39 is 17.7 Å². The number of amides is 1. The Balaban J connectivity index is 2.09. The maximum absolute atomic E-state index is 13.3. The Hall–Kier alpha value is -1.80. The molecule has 0 bridgehead atoms. The molecule has 1 heterocycles. The van der Waals surface area contributed by atoms with E-state index in [1.165, 1.54) is 18.2 Å². The third-order valence-electron chi connectivity index (χ3n) is 2.63. The van der Waals surface area contributed by atoms with Gasteiger partial charge in [-0.25, -0.2) is 14.2 Å². The summed E-state index contributed by atoms with van der Waals surface area (Å²) in [5.74, 6) is -2.04. The number of aromatic nitrogens is 1. The largest absolute Gasteiger partial charge is 0.477 e. The van der Waals surface area contributed by atoms with Gasteiger partial charge in [0.1, 0.15) is 15.7 Å². The fraction of sp³-hybridized carbons (Fsp3) is 0.154. The van der Waals surface area contributed by atoms with Gasteiger partial charge in [-0.2, -0.15) is 0 Å². The number of hydrogen-bond acceptors (Lipinski definition) is 4. The van der Waals surface area contributed by atoms with Crippen molar-refractivity contribution in [3.63, 3.8) is 0 Å². The highest BCUT2D eigenvalue weighted by Crippen LogP contribution is 2.21. The molecule has 0 saturated carbocycles. The van der Waals surface area contributed by atoms with E-state index in [0.29, 0.717) is 10.7 Å². The third kappa shape index (κ3) is 3.45. The lowest BCUT2D eigenvalue weighted by molar-refractivity contribution is 0.0701. The van der Waals surface area contributed by atoms with Gasteiger partial charge >= 0.3 is 5.97 Å². The highest BCUT2D eigenvalue weighted by Gasteiger charge is 2.16. The van der Waals surface area contributed by atoms with Crippen LogP contribution in [0, 0.1) is 12.7 Å². The predicted molar refractivity (Wildman–Crippen MR) is 79.1 cm³/mol. The second kappa shape index (κ2) is 6.31. The predicted octanol–water partition coefficient (Wildman–Crippen LogP) is 2.98. The number of thiazole rings is 1. The topological polar surface area (TPSA) is 79.3 Å². The van der Waals surface area contributed by atoms with Crippen LogP contribution in [-0.4, -0.2) is 22.0 Å². The van der Waals surface area contributed by atoms with Crippen molar-refractivity contribution in [1.29, 1.82) is 0 Å². The summed E-state index contributed by atoms with van der Waals surface area (Å²) in [6, 6.07) is 4.16. The summed E-state index contributed by atoms with van der Waals surface area (Å²) >= 11 is 4.02. The smallest absolute Gasteiger partial charge is 0.347 e. The molecule has 2 aromatic rings. The van der Waals surface area contributed by atoms with Crippen LogP contribution in [-0.2, 0) is 6.54 Å². The molecule has 1 aromatic heterocycles. The van der Waals surface area contributed by atoms with Gasteiger partial charge in [-0.1, -0.05) is 6.07 Å². The molecule has 0 radical (unpaired) electrons. The average Bonchev–Trinajstić information content (AvgIpc) is 2.80. The second-order valence-corrected chi connectivity index (χ2v) is 5.99. The zero-order valence-electron chi connectivity index (χ0n) is 10.8. The molecular formula is C13H10BrFN2O3S. The number of carbonyl (C=O) groups is 2. The number of benzene rings is 1. The van der Waals surface area contributed by atoms with Crippen LogP contribution in [0.25, 0.3) is 0 Å². The summed E-state index contributed by atoms with van der Waals surface area (Å²) in [4.78, 5) is 27.1. The molecule has 0 atom stereocenters. The lowest BCUT2D eigenvalue weighted by Crippen LogP contribution is -2.23. The minimum atomic E-state index is -1.05. The van der Waals surface area contributed by atoms with Crippen molar-refractivity contribution in [2.75, 3.05) is 0 Å². The van der Waals surface area contributed by atoms with E-state index in [-0.39, 0.29) is 21.5 Å². The number of carboxylic acids is 1. The van der Waals surface area contributed by atoms with E-state index in [1.807, 2.05) is 0 Å². The Bertz CT molecular complexity index is 717. The first-order valence-corrected chi connectivity index (χ1v) is 7.43. The van der Waals surface area contributed by atoms with Crippen LogP contribution >= 0.6 is 27.3 Å². The van der Waals surface area contributed by atoms with Gasteiger partial charge in [-0.15, -0.1) is 11.3 Å². The normalized spacial score (nSPS) is 10.4. The Kier molecular flexibility index (Phi) is 4.69. The number of aromatic carboxylic acids is 1. The third-order valence-corrected chi connectivity index (χ3v) is 4.58. The Labute approximate surface area is 132 Å². The van der Waals surface area contributed by atoms with E-state index in [9.17, 15) is 14.0 Å². The van der Waals surface area contributed by atoms with Crippen LogP contribution in [0.3, 0.4) is 0 Å². The van der Waals surface area contributed by atoms with Crippen molar-refractivity contribution in [3.05, 3.63) is 49.6 Å². The molecule has 0 aliphatic carbocycles. The molecule has 0 aliphatic rings. The van der Waals surface area contributed by atoms with Gasteiger partial charge in [0.15, 0.2) is 0 Å². The van der Waals surface area contributed by atoms with Gasteiger partial charge in [-0.05, 0) is 35.0 Å². The first-order chi connectivity index (χ1) is 9.90. The van der Waals surface area contributed by atoms with E-state index in [2.05, 4.69) is 26.2 Å². The van der Waals surface area contributed by atoms with Gasteiger partial charge in [-0.3, -0.25) is 4.79 Å². The number of nitrogens with zero attached hydrogens (tertiary/aromatic N) is 1.